The van der Waals surface area contributed by atoms with Crippen molar-refractivity contribution in [3.05, 3.63) is 47.3 Å². The van der Waals surface area contributed by atoms with Gasteiger partial charge in [0, 0.05) is 57.9 Å². The first-order chi connectivity index (χ1) is 14.9. The summed E-state index contributed by atoms with van der Waals surface area (Å²) in [5, 5.41) is 0. The summed E-state index contributed by atoms with van der Waals surface area (Å²) in [5.74, 6) is 1.30. The Morgan fingerprint density at radius 1 is 0.968 bits per heavy atom. The minimum atomic E-state index is -0.393. The normalized spacial score (nSPS) is 14.3. The van der Waals surface area contributed by atoms with Gasteiger partial charge < -0.3 is 24.0 Å². The van der Waals surface area contributed by atoms with Gasteiger partial charge in [0.15, 0.2) is 11.5 Å². The average Bonchev–Trinajstić information content (AvgIpc) is 2.78. The van der Waals surface area contributed by atoms with Crippen LogP contribution in [0.3, 0.4) is 0 Å². The van der Waals surface area contributed by atoms with Crippen molar-refractivity contribution in [1.29, 1.82) is 0 Å². The van der Waals surface area contributed by atoms with Gasteiger partial charge in [0.05, 0.1) is 27.0 Å². The van der Waals surface area contributed by atoms with E-state index >= 15 is 0 Å². The van der Waals surface area contributed by atoms with E-state index in [2.05, 4.69) is 4.90 Å². The maximum absolute atomic E-state index is 14.3. The molecule has 7 nitrogen and oxygen atoms in total. The van der Waals surface area contributed by atoms with Crippen molar-refractivity contribution in [2.24, 2.45) is 0 Å². The third kappa shape index (κ3) is 4.85. The zero-order valence-corrected chi connectivity index (χ0v) is 18.8. The predicted molar refractivity (Wildman–Crippen MR) is 118 cm³/mol. The first kappa shape index (κ1) is 22.7. The maximum Gasteiger partial charge on any atom is 0.254 e. The average molecular weight is 432 g/mol. The number of carbonyl (C=O) groups is 1. The van der Waals surface area contributed by atoms with Crippen LogP contribution in [0, 0.1) is 5.82 Å². The number of amides is 1. The number of benzene rings is 2. The number of piperazine rings is 1. The van der Waals surface area contributed by atoms with Crippen molar-refractivity contribution in [2.45, 2.75) is 6.54 Å². The SMILES string of the molecule is COc1ccc(CN2CCN(C(=O)c3ccc(N(C)C)c(F)c3)CC2)c(OC)c1OC. The highest BCUT2D eigenvalue weighted by atomic mass is 19.1. The fourth-order valence-electron chi connectivity index (χ4n) is 3.82. The molecule has 1 fully saturated rings. The molecule has 1 aliphatic heterocycles. The fraction of sp³-hybridized carbons (Fsp3) is 0.435. The molecule has 1 aliphatic rings. The van der Waals surface area contributed by atoms with E-state index in [-0.39, 0.29) is 5.91 Å². The molecule has 0 N–H and O–H groups in total. The molecule has 168 valence electrons. The van der Waals surface area contributed by atoms with Gasteiger partial charge in [-0.25, -0.2) is 4.39 Å². The Bertz CT molecular complexity index is 927. The quantitative estimate of drug-likeness (QED) is 0.672. The van der Waals surface area contributed by atoms with Crippen molar-refractivity contribution in [3.8, 4) is 17.2 Å². The van der Waals surface area contributed by atoms with Crippen LogP contribution in [0.1, 0.15) is 15.9 Å². The Labute approximate surface area is 182 Å². The van der Waals surface area contributed by atoms with E-state index in [1.807, 2.05) is 12.1 Å². The van der Waals surface area contributed by atoms with Crippen molar-refractivity contribution in [1.82, 2.24) is 9.80 Å². The highest BCUT2D eigenvalue weighted by Crippen LogP contribution is 2.40. The van der Waals surface area contributed by atoms with Crippen LogP contribution >= 0.6 is 0 Å². The predicted octanol–water partition coefficient (Wildman–Crippen LogP) is 2.88. The monoisotopic (exact) mass is 431 g/mol. The molecule has 0 radical (unpaired) electrons. The zero-order valence-electron chi connectivity index (χ0n) is 18.8. The molecule has 1 saturated heterocycles. The largest absolute Gasteiger partial charge is 0.493 e. The summed E-state index contributed by atoms with van der Waals surface area (Å²) in [6, 6.07) is 8.47. The first-order valence-corrected chi connectivity index (χ1v) is 10.2. The van der Waals surface area contributed by atoms with Gasteiger partial charge in [-0.05, 0) is 24.3 Å². The minimum absolute atomic E-state index is 0.146. The summed E-state index contributed by atoms with van der Waals surface area (Å²) >= 11 is 0. The molecule has 2 aromatic carbocycles. The molecule has 0 atom stereocenters. The number of anilines is 1. The third-order valence-electron chi connectivity index (χ3n) is 5.52. The molecule has 31 heavy (non-hydrogen) atoms. The van der Waals surface area contributed by atoms with Crippen molar-refractivity contribution >= 4 is 11.6 Å². The lowest BCUT2D eigenvalue weighted by Gasteiger charge is -2.35. The van der Waals surface area contributed by atoms with Crippen LogP contribution in [-0.4, -0.2) is 77.3 Å². The van der Waals surface area contributed by atoms with Crippen molar-refractivity contribution < 1.29 is 23.4 Å². The molecular formula is C23H30FN3O4. The van der Waals surface area contributed by atoms with E-state index in [1.54, 1.807) is 57.4 Å². The van der Waals surface area contributed by atoms with E-state index in [4.69, 9.17) is 14.2 Å². The van der Waals surface area contributed by atoms with Crippen LogP contribution in [0.5, 0.6) is 17.2 Å². The Balaban J connectivity index is 1.65. The number of nitrogens with zero attached hydrogens (tertiary/aromatic N) is 3. The lowest BCUT2D eigenvalue weighted by atomic mass is 10.1. The molecule has 3 rings (SSSR count). The summed E-state index contributed by atoms with van der Waals surface area (Å²) in [7, 11) is 8.33. The zero-order chi connectivity index (χ0) is 22.5. The third-order valence-corrected chi connectivity index (χ3v) is 5.52. The number of methoxy groups -OCH3 is 3. The molecule has 0 aliphatic carbocycles. The Hall–Kier alpha value is -3.00. The van der Waals surface area contributed by atoms with Crippen LogP contribution in [0.25, 0.3) is 0 Å². The number of hydrogen-bond acceptors (Lipinski definition) is 6. The highest BCUT2D eigenvalue weighted by molar-refractivity contribution is 5.94. The Morgan fingerprint density at radius 2 is 1.65 bits per heavy atom. The fourth-order valence-corrected chi connectivity index (χ4v) is 3.82. The van der Waals surface area contributed by atoms with E-state index < -0.39 is 5.82 Å². The van der Waals surface area contributed by atoms with Crippen molar-refractivity contribution in [3.63, 3.8) is 0 Å². The van der Waals surface area contributed by atoms with Gasteiger partial charge in [-0.1, -0.05) is 6.07 Å². The number of ether oxygens (including phenoxy) is 3. The van der Waals surface area contributed by atoms with Gasteiger partial charge in [-0.2, -0.15) is 0 Å². The minimum Gasteiger partial charge on any atom is -0.493 e. The van der Waals surface area contributed by atoms with Gasteiger partial charge in [0.25, 0.3) is 5.91 Å². The molecule has 0 saturated carbocycles. The van der Waals surface area contributed by atoms with Crippen LogP contribution < -0.4 is 19.1 Å². The Kier molecular flexibility index (Phi) is 7.22. The van der Waals surface area contributed by atoms with Gasteiger partial charge in [-0.3, -0.25) is 9.69 Å². The van der Waals surface area contributed by atoms with Crippen LogP contribution in [0.4, 0.5) is 10.1 Å². The summed E-state index contributed by atoms with van der Waals surface area (Å²) in [6.07, 6.45) is 0. The van der Waals surface area contributed by atoms with Crippen molar-refractivity contribution in [2.75, 3.05) is 66.5 Å². The van der Waals surface area contributed by atoms with Gasteiger partial charge in [0.2, 0.25) is 5.75 Å². The lowest BCUT2D eigenvalue weighted by Crippen LogP contribution is -2.48. The molecule has 8 heteroatoms. The van der Waals surface area contributed by atoms with Crippen LogP contribution in [0.2, 0.25) is 0 Å². The molecule has 1 heterocycles. The molecular weight excluding hydrogens is 401 g/mol. The standard InChI is InChI=1S/C23H30FN3O4/c1-25(2)19-8-6-16(14-18(19)24)23(28)27-12-10-26(11-13-27)15-17-7-9-20(29-3)22(31-5)21(17)30-4/h6-9,14H,10-13,15H2,1-5H3. The summed E-state index contributed by atoms with van der Waals surface area (Å²) in [5.41, 5.74) is 1.82. The molecule has 2 aromatic rings. The molecule has 0 unspecified atom stereocenters. The van der Waals surface area contributed by atoms with E-state index in [9.17, 15) is 9.18 Å². The molecule has 0 bridgehead atoms. The first-order valence-electron chi connectivity index (χ1n) is 10.2. The molecule has 0 aromatic heterocycles. The van der Waals surface area contributed by atoms with Crippen LogP contribution in [0.15, 0.2) is 30.3 Å². The smallest absolute Gasteiger partial charge is 0.254 e. The Morgan fingerprint density at radius 3 is 2.19 bits per heavy atom. The van der Waals surface area contributed by atoms with E-state index in [0.29, 0.717) is 61.2 Å². The second-order valence-electron chi connectivity index (χ2n) is 7.62. The number of hydrogen-bond donors (Lipinski definition) is 0. The highest BCUT2D eigenvalue weighted by Gasteiger charge is 2.25. The second kappa shape index (κ2) is 9.87. The van der Waals surface area contributed by atoms with Gasteiger partial charge >= 0.3 is 0 Å². The van der Waals surface area contributed by atoms with E-state index in [0.717, 1.165) is 5.56 Å². The van der Waals surface area contributed by atoms with Gasteiger partial charge in [0.1, 0.15) is 5.82 Å². The van der Waals surface area contributed by atoms with E-state index in [1.165, 1.54) is 6.07 Å². The summed E-state index contributed by atoms with van der Waals surface area (Å²) in [6.45, 7) is 3.23. The number of rotatable bonds is 7. The lowest BCUT2D eigenvalue weighted by molar-refractivity contribution is 0.0627. The molecule has 0 spiro atoms. The molecule has 1 amide bonds. The second-order valence-corrected chi connectivity index (χ2v) is 7.62. The number of halogens is 1. The topological polar surface area (TPSA) is 54.5 Å². The summed E-state index contributed by atoms with van der Waals surface area (Å²) < 4.78 is 30.6. The van der Waals surface area contributed by atoms with Crippen LogP contribution in [-0.2, 0) is 6.54 Å². The summed E-state index contributed by atoms with van der Waals surface area (Å²) in [4.78, 5) is 18.5. The van der Waals surface area contributed by atoms with Gasteiger partial charge in [-0.15, -0.1) is 0 Å². The maximum atomic E-state index is 14.3. The number of carbonyl (C=O) groups excluding carboxylic acids is 1.